The van der Waals surface area contributed by atoms with Crippen LogP contribution in [0, 0.1) is 5.41 Å². The molecule has 0 radical (unpaired) electrons. The van der Waals surface area contributed by atoms with E-state index in [-0.39, 0.29) is 11.4 Å². The fourth-order valence-electron chi connectivity index (χ4n) is 2.09. The quantitative estimate of drug-likeness (QED) is 0.701. The van der Waals surface area contributed by atoms with E-state index in [4.69, 9.17) is 9.47 Å². The highest BCUT2D eigenvalue weighted by molar-refractivity contribution is 5.76. The van der Waals surface area contributed by atoms with Crippen LogP contribution in [0.1, 0.15) is 33.3 Å². The molecule has 0 spiro atoms. The van der Waals surface area contributed by atoms with E-state index in [2.05, 4.69) is 0 Å². The normalized spacial score (nSPS) is 29.2. The van der Waals surface area contributed by atoms with Crippen molar-refractivity contribution < 1.29 is 14.3 Å². The first kappa shape index (κ1) is 12.1. The second kappa shape index (κ2) is 3.84. The molecule has 1 heterocycles. The fourth-order valence-corrected chi connectivity index (χ4v) is 2.09. The van der Waals surface area contributed by atoms with Crippen molar-refractivity contribution in [2.45, 2.75) is 39.6 Å². The van der Waals surface area contributed by atoms with Crippen molar-refractivity contribution in [3.63, 3.8) is 0 Å². The zero-order valence-electron chi connectivity index (χ0n) is 10.7. The maximum Gasteiger partial charge on any atom is 0.337 e. The van der Waals surface area contributed by atoms with Crippen molar-refractivity contribution >= 4 is 5.97 Å². The number of hydrogen-bond acceptors (Lipinski definition) is 3. The number of carbonyl (C=O) groups excluding carboxylic acids is 1. The zero-order valence-corrected chi connectivity index (χ0v) is 10.7. The first-order valence-corrected chi connectivity index (χ1v) is 5.83. The Morgan fingerprint density at radius 3 is 2.18 bits per heavy atom. The van der Waals surface area contributed by atoms with E-state index >= 15 is 0 Å². The minimum Gasteiger partial charge on any atom is -0.426 e. The first-order chi connectivity index (χ1) is 7.87. The van der Waals surface area contributed by atoms with Gasteiger partial charge in [0.15, 0.2) is 6.10 Å². The molecule has 17 heavy (non-hydrogen) atoms. The maximum atomic E-state index is 11.7. The van der Waals surface area contributed by atoms with E-state index in [0.29, 0.717) is 0 Å². The van der Waals surface area contributed by atoms with Gasteiger partial charge in [-0.25, -0.2) is 4.79 Å². The molecule has 1 aliphatic rings. The van der Waals surface area contributed by atoms with Crippen LogP contribution >= 0.6 is 0 Å². The number of hydrogen-bond donors (Lipinski definition) is 0. The van der Waals surface area contributed by atoms with Crippen molar-refractivity contribution in [1.29, 1.82) is 0 Å². The molecule has 0 saturated carbocycles. The predicted molar refractivity (Wildman–Crippen MR) is 64.2 cm³/mol. The Morgan fingerprint density at radius 2 is 1.76 bits per heavy atom. The van der Waals surface area contributed by atoms with E-state index in [1.807, 2.05) is 51.1 Å². The minimum absolute atomic E-state index is 0.302. The molecule has 2 atom stereocenters. The molecule has 1 aliphatic heterocycles. The summed E-state index contributed by atoms with van der Waals surface area (Å²) in [6.07, 6.45) is -0.519. The highest BCUT2D eigenvalue weighted by Crippen LogP contribution is 2.48. The lowest BCUT2D eigenvalue weighted by atomic mass is 9.81. The van der Waals surface area contributed by atoms with Gasteiger partial charge in [0.05, 0.1) is 0 Å². The highest BCUT2D eigenvalue weighted by Gasteiger charge is 2.55. The van der Waals surface area contributed by atoms with Gasteiger partial charge in [-0.15, -0.1) is 0 Å². The van der Waals surface area contributed by atoms with Gasteiger partial charge in [-0.1, -0.05) is 51.1 Å². The number of esters is 1. The molecule has 1 saturated heterocycles. The third-order valence-corrected chi connectivity index (χ3v) is 3.06. The molecule has 1 aromatic rings. The molecule has 1 aromatic carbocycles. The average molecular weight is 234 g/mol. The molecule has 0 amide bonds. The molecular weight excluding hydrogens is 216 g/mol. The first-order valence-electron chi connectivity index (χ1n) is 5.83. The number of carbonyl (C=O) groups is 1. The number of rotatable bonds is 1. The molecule has 1 fully saturated rings. The Kier molecular flexibility index (Phi) is 2.74. The SMILES string of the molecule is C[C@@H]1O[C@](c2ccccc2)(C(C)(C)C)OC1=O. The summed E-state index contributed by atoms with van der Waals surface area (Å²) in [5.74, 6) is -1.28. The molecule has 3 nitrogen and oxygen atoms in total. The van der Waals surface area contributed by atoms with E-state index < -0.39 is 11.9 Å². The van der Waals surface area contributed by atoms with E-state index in [9.17, 15) is 4.79 Å². The van der Waals surface area contributed by atoms with Crippen LogP contribution in [0.15, 0.2) is 30.3 Å². The number of cyclic esters (lactones) is 1. The lowest BCUT2D eigenvalue weighted by Crippen LogP contribution is -2.41. The molecule has 0 aliphatic carbocycles. The summed E-state index contributed by atoms with van der Waals surface area (Å²) in [5.41, 5.74) is 0.555. The molecule has 0 unspecified atom stereocenters. The molecule has 0 aromatic heterocycles. The van der Waals surface area contributed by atoms with Crippen LogP contribution in [0.4, 0.5) is 0 Å². The Morgan fingerprint density at radius 1 is 1.18 bits per heavy atom. The van der Waals surface area contributed by atoms with Crippen LogP contribution in [-0.2, 0) is 20.1 Å². The molecule has 3 heteroatoms. The summed E-state index contributed by atoms with van der Waals surface area (Å²) in [4.78, 5) is 11.7. The molecule has 2 rings (SSSR count). The Labute approximate surface area is 102 Å². The van der Waals surface area contributed by atoms with Crippen LogP contribution in [0.5, 0.6) is 0 Å². The van der Waals surface area contributed by atoms with Gasteiger partial charge < -0.3 is 9.47 Å². The molecular formula is C14H18O3. The van der Waals surface area contributed by atoms with E-state index in [0.717, 1.165) is 5.56 Å². The Bertz CT molecular complexity index is 419. The van der Waals surface area contributed by atoms with Crippen LogP contribution in [0.25, 0.3) is 0 Å². The number of benzene rings is 1. The molecule has 0 bridgehead atoms. The standard InChI is InChI=1S/C14H18O3/c1-10-12(15)17-14(16-10,13(2,3)4)11-8-6-5-7-9-11/h5-10H,1-4H3/t10-,14-/m0/s1. The van der Waals surface area contributed by atoms with Crippen molar-refractivity contribution in [1.82, 2.24) is 0 Å². The topological polar surface area (TPSA) is 35.5 Å². The summed E-state index contributed by atoms with van der Waals surface area (Å²) in [6, 6.07) is 9.62. The zero-order chi connectivity index (χ0) is 12.7. The second-order valence-electron chi connectivity index (χ2n) is 5.41. The van der Waals surface area contributed by atoms with Crippen LogP contribution in [0.2, 0.25) is 0 Å². The highest BCUT2D eigenvalue weighted by atomic mass is 16.8. The number of ether oxygens (including phenoxy) is 2. The monoisotopic (exact) mass is 234 g/mol. The summed E-state index contributed by atoms with van der Waals surface area (Å²) >= 11 is 0. The summed E-state index contributed by atoms with van der Waals surface area (Å²) in [7, 11) is 0. The minimum atomic E-state index is -0.981. The van der Waals surface area contributed by atoms with Crippen molar-refractivity contribution in [3.8, 4) is 0 Å². The molecule has 0 N–H and O–H groups in total. The largest absolute Gasteiger partial charge is 0.426 e. The summed E-state index contributed by atoms with van der Waals surface area (Å²) in [5, 5.41) is 0. The predicted octanol–water partition coefficient (Wildman–Crippen LogP) is 2.85. The van der Waals surface area contributed by atoms with Crippen molar-refractivity contribution in [3.05, 3.63) is 35.9 Å². The Hall–Kier alpha value is -1.35. The van der Waals surface area contributed by atoms with Gasteiger partial charge >= 0.3 is 5.97 Å². The van der Waals surface area contributed by atoms with Gasteiger partial charge in [-0.2, -0.15) is 0 Å². The van der Waals surface area contributed by atoms with Crippen LogP contribution in [0.3, 0.4) is 0 Å². The van der Waals surface area contributed by atoms with Crippen molar-refractivity contribution in [2.75, 3.05) is 0 Å². The van der Waals surface area contributed by atoms with Gasteiger partial charge in [0.1, 0.15) is 0 Å². The van der Waals surface area contributed by atoms with Gasteiger partial charge in [0, 0.05) is 11.0 Å². The van der Waals surface area contributed by atoms with Crippen LogP contribution in [-0.4, -0.2) is 12.1 Å². The van der Waals surface area contributed by atoms with Gasteiger partial charge in [0.25, 0.3) is 0 Å². The van der Waals surface area contributed by atoms with Gasteiger partial charge in [0.2, 0.25) is 5.79 Å². The molecule has 92 valence electrons. The summed E-state index contributed by atoms with van der Waals surface area (Å²) < 4.78 is 11.4. The maximum absolute atomic E-state index is 11.7. The van der Waals surface area contributed by atoms with Crippen molar-refractivity contribution in [2.24, 2.45) is 5.41 Å². The third-order valence-electron chi connectivity index (χ3n) is 3.06. The average Bonchev–Trinajstić information content (AvgIpc) is 2.57. The van der Waals surface area contributed by atoms with Gasteiger partial charge in [-0.05, 0) is 6.92 Å². The third kappa shape index (κ3) is 1.84. The lowest BCUT2D eigenvalue weighted by Gasteiger charge is -2.39. The van der Waals surface area contributed by atoms with Crippen LogP contribution < -0.4 is 0 Å². The smallest absolute Gasteiger partial charge is 0.337 e. The van der Waals surface area contributed by atoms with E-state index in [1.165, 1.54) is 0 Å². The van der Waals surface area contributed by atoms with E-state index in [1.54, 1.807) is 6.92 Å². The second-order valence-corrected chi connectivity index (χ2v) is 5.41. The fraction of sp³-hybridized carbons (Fsp3) is 0.500. The Balaban J connectivity index is 2.51. The van der Waals surface area contributed by atoms with Gasteiger partial charge in [-0.3, -0.25) is 0 Å². The summed E-state index contributed by atoms with van der Waals surface area (Å²) in [6.45, 7) is 7.74. The lowest BCUT2D eigenvalue weighted by molar-refractivity contribution is -0.238.